The second-order valence-electron chi connectivity index (χ2n) is 4.93. The minimum absolute atomic E-state index is 0.00766. The molecule has 0 heterocycles. The van der Waals surface area contributed by atoms with Gasteiger partial charge >= 0.3 is 0 Å². The first-order valence-corrected chi connectivity index (χ1v) is 6.86. The summed E-state index contributed by atoms with van der Waals surface area (Å²) in [5.41, 5.74) is 3.98. The third-order valence-electron chi connectivity index (χ3n) is 3.18. The Kier molecular flexibility index (Phi) is 4.82. The van der Waals surface area contributed by atoms with E-state index in [9.17, 15) is 4.79 Å². The predicted octanol–water partition coefficient (Wildman–Crippen LogP) is 3.36. The normalized spacial score (nSPS) is 10.0. The van der Waals surface area contributed by atoms with Gasteiger partial charge in [-0.05, 0) is 55.3 Å². The first-order chi connectivity index (χ1) is 10.1. The van der Waals surface area contributed by atoms with E-state index < -0.39 is 0 Å². The van der Waals surface area contributed by atoms with Crippen LogP contribution in [0, 0.1) is 13.8 Å². The summed E-state index contributed by atoms with van der Waals surface area (Å²) in [7, 11) is 1.85. The fourth-order valence-corrected chi connectivity index (χ4v) is 1.92. The van der Waals surface area contributed by atoms with Gasteiger partial charge in [-0.3, -0.25) is 4.79 Å². The lowest BCUT2D eigenvalue weighted by Gasteiger charge is -2.10. The topological polar surface area (TPSA) is 50.4 Å². The number of hydrogen-bond acceptors (Lipinski definition) is 3. The number of benzene rings is 2. The summed E-state index contributed by atoms with van der Waals surface area (Å²) in [6.45, 7) is 3.95. The average Bonchev–Trinajstić information content (AvgIpc) is 2.49. The standard InChI is InChI=1S/C17H20N2O2/c1-12-4-5-13(2)16(10-12)19-17(20)11-21-15-8-6-14(18-3)7-9-15/h4-10,18H,11H2,1-3H3,(H,19,20). The summed E-state index contributed by atoms with van der Waals surface area (Å²) >= 11 is 0. The van der Waals surface area contributed by atoms with Crippen molar-refractivity contribution in [3.63, 3.8) is 0 Å². The number of nitrogens with one attached hydrogen (secondary N) is 2. The van der Waals surface area contributed by atoms with Gasteiger partial charge in [0.1, 0.15) is 5.75 Å². The second kappa shape index (κ2) is 6.79. The molecule has 0 atom stereocenters. The molecule has 0 unspecified atom stereocenters. The van der Waals surface area contributed by atoms with Crippen LogP contribution in [0.2, 0.25) is 0 Å². The van der Waals surface area contributed by atoms with E-state index in [-0.39, 0.29) is 12.5 Å². The predicted molar refractivity (Wildman–Crippen MR) is 86.0 cm³/mol. The number of carbonyl (C=O) groups is 1. The van der Waals surface area contributed by atoms with E-state index in [1.807, 2.05) is 63.4 Å². The molecule has 21 heavy (non-hydrogen) atoms. The number of ether oxygens (including phenoxy) is 1. The lowest BCUT2D eigenvalue weighted by molar-refractivity contribution is -0.118. The monoisotopic (exact) mass is 284 g/mol. The number of aryl methyl sites for hydroxylation is 2. The molecule has 0 bridgehead atoms. The SMILES string of the molecule is CNc1ccc(OCC(=O)Nc2cc(C)ccc2C)cc1. The molecule has 0 aliphatic heterocycles. The Bertz CT molecular complexity index is 621. The Morgan fingerprint density at radius 2 is 1.81 bits per heavy atom. The molecule has 4 heteroatoms. The molecule has 0 aromatic heterocycles. The molecule has 2 N–H and O–H groups in total. The van der Waals surface area contributed by atoms with Crippen LogP contribution in [-0.4, -0.2) is 19.6 Å². The molecule has 4 nitrogen and oxygen atoms in total. The van der Waals surface area contributed by atoms with Crippen LogP contribution in [0.1, 0.15) is 11.1 Å². The Hall–Kier alpha value is -2.49. The molecule has 110 valence electrons. The number of rotatable bonds is 5. The van der Waals surface area contributed by atoms with E-state index in [0.29, 0.717) is 5.75 Å². The zero-order chi connectivity index (χ0) is 15.2. The van der Waals surface area contributed by atoms with E-state index in [2.05, 4.69) is 10.6 Å². The molecule has 0 aliphatic rings. The van der Waals surface area contributed by atoms with Crippen LogP contribution in [0.15, 0.2) is 42.5 Å². The number of amides is 1. The highest BCUT2D eigenvalue weighted by Gasteiger charge is 2.06. The first kappa shape index (κ1) is 14.9. The molecule has 0 fully saturated rings. The van der Waals surface area contributed by atoms with Gasteiger partial charge in [0.25, 0.3) is 5.91 Å². The molecular weight excluding hydrogens is 264 g/mol. The minimum Gasteiger partial charge on any atom is -0.484 e. The zero-order valence-electron chi connectivity index (χ0n) is 12.6. The van der Waals surface area contributed by atoms with Crippen LogP contribution >= 0.6 is 0 Å². The van der Waals surface area contributed by atoms with Crippen LogP contribution in [-0.2, 0) is 4.79 Å². The van der Waals surface area contributed by atoms with E-state index in [0.717, 1.165) is 22.5 Å². The molecule has 0 aliphatic carbocycles. The summed E-state index contributed by atoms with van der Waals surface area (Å²) in [4.78, 5) is 11.9. The zero-order valence-corrected chi connectivity index (χ0v) is 12.6. The Balaban J connectivity index is 1.91. The van der Waals surface area contributed by atoms with Gasteiger partial charge < -0.3 is 15.4 Å². The lowest BCUT2D eigenvalue weighted by atomic mass is 10.1. The fourth-order valence-electron chi connectivity index (χ4n) is 1.92. The molecular formula is C17H20N2O2. The van der Waals surface area contributed by atoms with Crippen molar-refractivity contribution in [2.24, 2.45) is 0 Å². The van der Waals surface area contributed by atoms with Gasteiger partial charge in [-0.2, -0.15) is 0 Å². The van der Waals surface area contributed by atoms with Gasteiger partial charge in [-0.25, -0.2) is 0 Å². The van der Waals surface area contributed by atoms with Gasteiger partial charge in [0.2, 0.25) is 0 Å². The summed E-state index contributed by atoms with van der Waals surface area (Å²) in [5.74, 6) is 0.506. The highest BCUT2D eigenvalue weighted by molar-refractivity contribution is 5.92. The molecule has 2 aromatic carbocycles. The number of hydrogen-bond donors (Lipinski definition) is 2. The van der Waals surface area contributed by atoms with Crippen molar-refractivity contribution in [1.29, 1.82) is 0 Å². The molecule has 0 saturated carbocycles. The van der Waals surface area contributed by atoms with Gasteiger partial charge in [0.05, 0.1) is 0 Å². The largest absolute Gasteiger partial charge is 0.484 e. The smallest absolute Gasteiger partial charge is 0.262 e. The van der Waals surface area contributed by atoms with Crippen LogP contribution in [0.3, 0.4) is 0 Å². The average molecular weight is 284 g/mol. The van der Waals surface area contributed by atoms with Gasteiger partial charge in [-0.1, -0.05) is 12.1 Å². The molecule has 2 rings (SSSR count). The highest BCUT2D eigenvalue weighted by Crippen LogP contribution is 2.17. The maximum atomic E-state index is 11.9. The summed E-state index contributed by atoms with van der Waals surface area (Å²) in [6.07, 6.45) is 0. The van der Waals surface area contributed by atoms with E-state index in [4.69, 9.17) is 4.74 Å². The van der Waals surface area contributed by atoms with Crippen molar-refractivity contribution in [2.75, 3.05) is 24.3 Å². The van der Waals surface area contributed by atoms with E-state index >= 15 is 0 Å². The van der Waals surface area contributed by atoms with Crippen molar-refractivity contribution in [3.8, 4) is 5.75 Å². The minimum atomic E-state index is -0.165. The summed E-state index contributed by atoms with van der Waals surface area (Å²) < 4.78 is 5.47. The summed E-state index contributed by atoms with van der Waals surface area (Å²) in [6, 6.07) is 13.4. The molecule has 0 spiro atoms. The third-order valence-corrected chi connectivity index (χ3v) is 3.18. The summed E-state index contributed by atoms with van der Waals surface area (Å²) in [5, 5.41) is 5.90. The molecule has 1 amide bonds. The van der Waals surface area contributed by atoms with Crippen LogP contribution in [0.4, 0.5) is 11.4 Å². The van der Waals surface area contributed by atoms with Crippen LogP contribution < -0.4 is 15.4 Å². The number of carbonyl (C=O) groups excluding carboxylic acids is 1. The quantitative estimate of drug-likeness (QED) is 0.885. The Labute approximate surface area is 125 Å². The number of anilines is 2. The van der Waals surface area contributed by atoms with Crippen LogP contribution in [0.25, 0.3) is 0 Å². The van der Waals surface area contributed by atoms with E-state index in [1.54, 1.807) is 0 Å². The first-order valence-electron chi connectivity index (χ1n) is 6.86. The van der Waals surface area contributed by atoms with Gasteiger partial charge in [-0.15, -0.1) is 0 Å². The third kappa shape index (κ3) is 4.24. The Morgan fingerprint density at radius 3 is 2.48 bits per heavy atom. The van der Waals surface area contributed by atoms with Gasteiger partial charge in [0, 0.05) is 18.4 Å². The fraction of sp³-hybridized carbons (Fsp3) is 0.235. The van der Waals surface area contributed by atoms with Crippen molar-refractivity contribution in [3.05, 3.63) is 53.6 Å². The Morgan fingerprint density at radius 1 is 1.10 bits per heavy atom. The molecule has 0 saturated heterocycles. The lowest BCUT2D eigenvalue weighted by Crippen LogP contribution is -2.20. The molecule has 2 aromatic rings. The van der Waals surface area contributed by atoms with Crippen molar-refractivity contribution in [1.82, 2.24) is 0 Å². The van der Waals surface area contributed by atoms with Crippen molar-refractivity contribution < 1.29 is 9.53 Å². The van der Waals surface area contributed by atoms with Crippen molar-refractivity contribution >= 4 is 17.3 Å². The van der Waals surface area contributed by atoms with Crippen LogP contribution in [0.5, 0.6) is 5.75 Å². The van der Waals surface area contributed by atoms with Crippen molar-refractivity contribution in [2.45, 2.75) is 13.8 Å². The van der Waals surface area contributed by atoms with Gasteiger partial charge in [0.15, 0.2) is 6.61 Å². The second-order valence-corrected chi connectivity index (χ2v) is 4.93. The maximum absolute atomic E-state index is 11.9. The molecule has 0 radical (unpaired) electrons. The highest BCUT2D eigenvalue weighted by atomic mass is 16.5. The van der Waals surface area contributed by atoms with E-state index in [1.165, 1.54) is 0 Å². The maximum Gasteiger partial charge on any atom is 0.262 e.